The van der Waals surface area contributed by atoms with Crippen LogP contribution in [0.25, 0.3) is 10.9 Å². The van der Waals surface area contributed by atoms with Crippen LogP contribution >= 0.6 is 0 Å². The van der Waals surface area contributed by atoms with E-state index >= 15 is 0 Å². The minimum Gasteiger partial charge on any atom is -0.493 e. The number of carbonyl (C=O) groups excluding carboxylic acids is 1. The monoisotopic (exact) mass is 295 g/mol. The summed E-state index contributed by atoms with van der Waals surface area (Å²) in [6.07, 6.45) is 0. The van der Waals surface area contributed by atoms with Gasteiger partial charge in [0, 0.05) is 11.1 Å². The van der Waals surface area contributed by atoms with E-state index in [0.717, 1.165) is 0 Å². The standard InChI is InChI=1S/C16H13N3O3/c20-14(17-11-6-2-1-3-7-11)10-19-13-9-5-4-8-12(13)15(18-22)16(19)21/h1-9,21H,10H2,(H,17,20). The molecule has 3 rings (SSSR count). The third kappa shape index (κ3) is 2.42. The molecule has 2 N–H and O–H groups in total. The highest BCUT2D eigenvalue weighted by Gasteiger charge is 2.18. The van der Waals surface area contributed by atoms with Crippen molar-refractivity contribution in [2.24, 2.45) is 5.18 Å². The van der Waals surface area contributed by atoms with E-state index in [1.165, 1.54) is 4.57 Å². The summed E-state index contributed by atoms with van der Waals surface area (Å²) in [7, 11) is 0. The summed E-state index contributed by atoms with van der Waals surface area (Å²) < 4.78 is 1.37. The van der Waals surface area contributed by atoms with Gasteiger partial charge in [-0.2, -0.15) is 0 Å². The van der Waals surface area contributed by atoms with Crippen molar-refractivity contribution >= 4 is 28.2 Å². The number of aromatic nitrogens is 1. The van der Waals surface area contributed by atoms with E-state index in [0.29, 0.717) is 16.6 Å². The summed E-state index contributed by atoms with van der Waals surface area (Å²) in [5, 5.41) is 16.2. The maximum Gasteiger partial charge on any atom is 0.244 e. The van der Waals surface area contributed by atoms with E-state index in [-0.39, 0.29) is 24.0 Å². The maximum atomic E-state index is 12.1. The molecule has 6 heteroatoms. The molecule has 3 aromatic rings. The van der Waals surface area contributed by atoms with Crippen LogP contribution < -0.4 is 5.32 Å². The Morgan fingerprint density at radius 2 is 1.77 bits per heavy atom. The molecule has 0 aliphatic carbocycles. The van der Waals surface area contributed by atoms with Crippen molar-refractivity contribution in [3.63, 3.8) is 0 Å². The summed E-state index contributed by atoms with van der Waals surface area (Å²) >= 11 is 0. The zero-order chi connectivity index (χ0) is 15.5. The van der Waals surface area contributed by atoms with E-state index in [9.17, 15) is 14.8 Å². The average Bonchev–Trinajstić information content (AvgIpc) is 2.80. The van der Waals surface area contributed by atoms with Crippen LogP contribution in [0.1, 0.15) is 0 Å². The SMILES string of the molecule is O=Nc1c(O)n(CC(=O)Nc2ccccc2)c2ccccc12. The number of para-hydroxylation sites is 2. The van der Waals surface area contributed by atoms with E-state index in [2.05, 4.69) is 10.5 Å². The van der Waals surface area contributed by atoms with Crippen molar-refractivity contribution in [3.05, 3.63) is 59.5 Å². The van der Waals surface area contributed by atoms with Crippen molar-refractivity contribution < 1.29 is 9.90 Å². The minimum absolute atomic E-state index is 0.0527. The van der Waals surface area contributed by atoms with Crippen molar-refractivity contribution in [2.75, 3.05) is 5.32 Å². The van der Waals surface area contributed by atoms with Crippen LogP contribution in [0.2, 0.25) is 0 Å². The molecule has 0 spiro atoms. The van der Waals surface area contributed by atoms with Crippen LogP contribution in [0.15, 0.2) is 59.8 Å². The Kier molecular flexibility index (Phi) is 3.57. The van der Waals surface area contributed by atoms with Crippen LogP contribution in [0, 0.1) is 4.91 Å². The molecular weight excluding hydrogens is 282 g/mol. The number of amides is 1. The first-order chi connectivity index (χ1) is 10.7. The zero-order valence-corrected chi connectivity index (χ0v) is 11.6. The normalized spacial score (nSPS) is 10.5. The average molecular weight is 295 g/mol. The second-order valence-electron chi connectivity index (χ2n) is 4.78. The number of rotatable bonds is 4. The number of nitrogens with one attached hydrogen (secondary N) is 1. The largest absolute Gasteiger partial charge is 0.493 e. The Labute approximate surface area is 126 Å². The molecule has 1 aromatic heterocycles. The Morgan fingerprint density at radius 1 is 1.09 bits per heavy atom. The Morgan fingerprint density at radius 3 is 2.50 bits per heavy atom. The van der Waals surface area contributed by atoms with Gasteiger partial charge < -0.3 is 15.0 Å². The molecule has 22 heavy (non-hydrogen) atoms. The first-order valence-corrected chi connectivity index (χ1v) is 6.69. The third-order valence-electron chi connectivity index (χ3n) is 3.37. The van der Waals surface area contributed by atoms with E-state index in [1.54, 1.807) is 36.4 Å². The Hall–Kier alpha value is -3.15. The third-order valence-corrected chi connectivity index (χ3v) is 3.37. The molecule has 0 fully saturated rings. The van der Waals surface area contributed by atoms with Crippen LogP contribution in [0.5, 0.6) is 5.88 Å². The van der Waals surface area contributed by atoms with Gasteiger partial charge in [-0.15, -0.1) is 4.91 Å². The van der Waals surface area contributed by atoms with Gasteiger partial charge in [0.05, 0.1) is 5.52 Å². The second-order valence-corrected chi connectivity index (χ2v) is 4.78. The topological polar surface area (TPSA) is 83.7 Å². The molecule has 110 valence electrons. The Balaban J connectivity index is 1.92. The van der Waals surface area contributed by atoms with Crippen LogP contribution in [-0.4, -0.2) is 15.6 Å². The second kappa shape index (κ2) is 5.69. The lowest BCUT2D eigenvalue weighted by molar-refractivity contribution is -0.116. The van der Waals surface area contributed by atoms with Crippen LogP contribution in [-0.2, 0) is 11.3 Å². The van der Waals surface area contributed by atoms with E-state index in [1.807, 2.05) is 18.2 Å². The number of carbonyl (C=O) groups is 1. The van der Waals surface area contributed by atoms with Gasteiger partial charge in [-0.3, -0.25) is 4.79 Å². The molecule has 0 radical (unpaired) electrons. The molecule has 0 unspecified atom stereocenters. The quantitative estimate of drug-likeness (QED) is 0.724. The van der Waals surface area contributed by atoms with E-state index < -0.39 is 0 Å². The van der Waals surface area contributed by atoms with Gasteiger partial charge in [-0.05, 0) is 23.4 Å². The number of fused-ring (bicyclic) bond motifs is 1. The predicted octanol–water partition coefficient (Wildman–Crippen LogP) is 3.38. The van der Waals surface area contributed by atoms with Crippen molar-refractivity contribution in [2.45, 2.75) is 6.54 Å². The summed E-state index contributed by atoms with van der Waals surface area (Å²) in [4.78, 5) is 23.0. The number of anilines is 1. The van der Waals surface area contributed by atoms with Crippen LogP contribution in [0.3, 0.4) is 0 Å². The number of aromatic hydroxyl groups is 1. The van der Waals surface area contributed by atoms with Gasteiger partial charge in [0.25, 0.3) is 0 Å². The fraction of sp³-hybridized carbons (Fsp3) is 0.0625. The first-order valence-electron chi connectivity index (χ1n) is 6.69. The number of nitroso groups, excluding NO2 is 1. The van der Waals surface area contributed by atoms with E-state index in [4.69, 9.17) is 0 Å². The molecule has 1 amide bonds. The summed E-state index contributed by atoms with van der Waals surface area (Å²) in [5.74, 6) is -0.612. The summed E-state index contributed by atoms with van der Waals surface area (Å²) in [5.41, 5.74) is 1.19. The number of nitrogens with zero attached hydrogens (tertiary/aromatic N) is 2. The molecule has 0 saturated heterocycles. The van der Waals surface area contributed by atoms with Crippen molar-refractivity contribution in [1.29, 1.82) is 0 Å². The molecule has 0 atom stereocenters. The number of hydrogen-bond donors (Lipinski definition) is 2. The molecular formula is C16H13N3O3. The van der Waals surface area contributed by atoms with Gasteiger partial charge in [-0.25, -0.2) is 0 Å². The minimum atomic E-state index is -0.306. The van der Waals surface area contributed by atoms with Gasteiger partial charge in [0.1, 0.15) is 6.54 Å². The summed E-state index contributed by atoms with van der Waals surface area (Å²) in [6.45, 7) is -0.114. The predicted molar refractivity (Wildman–Crippen MR) is 84.1 cm³/mol. The molecule has 0 aliphatic heterocycles. The van der Waals surface area contributed by atoms with Crippen molar-refractivity contribution in [3.8, 4) is 5.88 Å². The van der Waals surface area contributed by atoms with Gasteiger partial charge in [0.15, 0.2) is 5.69 Å². The lowest BCUT2D eigenvalue weighted by Gasteiger charge is -2.08. The molecule has 6 nitrogen and oxygen atoms in total. The zero-order valence-electron chi connectivity index (χ0n) is 11.6. The fourth-order valence-corrected chi connectivity index (χ4v) is 2.39. The fourth-order valence-electron chi connectivity index (χ4n) is 2.39. The lowest BCUT2D eigenvalue weighted by atomic mass is 10.2. The summed E-state index contributed by atoms with van der Waals surface area (Å²) in [6, 6.07) is 15.9. The molecule has 0 aliphatic rings. The lowest BCUT2D eigenvalue weighted by Crippen LogP contribution is -2.18. The van der Waals surface area contributed by atoms with Gasteiger partial charge >= 0.3 is 0 Å². The number of hydrogen-bond acceptors (Lipinski definition) is 4. The first kappa shape index (κ1) is 13.8. The highest BCUT2D eigenvalue weighted by atomic mass is 16.3. The highest BCUT2D eigenvalue weighted by molar-refractivity contribution is 5.97. The van der Waals surface area contributed by atoms with Crippen molar-refractivity contribution in [1.82, 2.24) is 4.57 Å². The molecule has 0 bridgehead atoms. The smallest absolute Gasteiger partial charge is 0.244 e. The maximum absolute atomic E-state index is 12.1. The molecule has 0 saturated carbocycles. The molecule has 1 heterocycles. The number of benzene rings is 2. The highest BCUT2D eigenvalue weighted by Crippen LogP contribution is 2.38. The van der Waals surface area contributed by atoms with Crippen LogP contribution in [0.4, 0.5) is 11.4 Å². The Bertz CT molecular complexity index is 840. The molecule has 2 aromatic carbocycles. The van der Waals surface area contributed by atoms with Gasteiger partial charge in [-0.1, -0.05) is 36.4 Å². The van der Waals surface area contributed by atoms with Gasteiger partial charge in [0.2, 0.25) is 11.8 Å².